The molecule has 2 saturated carbocycles. The lowest BCUT2D eigenvalue weighted by atomic mass is 9.84. The smallest absolute Gasteiger partial charge is 0.261 e. The fourth-order valence-corrected chi connectivity index (χ4v) is 4.40. The zero-order valence-electron chi connectivity index (χ0n) is 10.8. The summed E-state index contributed by atoms with van der Waals surface area (Å²) in [4.78, 5) is 0. The van der Waals surface area contributed by atoms with Crippen LogP contribution in [0.3, 0.4) is 0 Å². The Morgan fingerprint density at radius 1 is 1.58 bits per heavy atom. The topological polar surface area (TPSA) is 97.1 Å². The summed E-state index contributed by atoms with van der Waals surface area (Å²) in [6, 6.07) is 0. The van der Waals surface area contributed by atoms with Crippen LogP contribution >= 0.6 is 0 Å². The summed E-state index contributed by atoms with van der Waals surface area (Å²) in [5, 5.41) is 17.6. The van der Waals surface area contributed by atoms with E-state index in [-0.39, 0.29) is 17.5 Å². The Hall–Kier alpha value is -0.990. The third kappa shape index (κ3) is 2.28. The molecule has 0 saturated heterocycles. The second kappa shape index (κ2) is 4.26. The van der Waals surface area contributed by atoms with Crippen LogP contribution in [0.1, 0.15) is 25.7 Å². The molecule has 2 bridgehead atoms. The van der Waals surface area contributed by atoms with E-state index in [0.717, 1.165) is 19.3 Å². The van der Waals surface area contributed by atoms with Crippen LogP contribution in [0.5, 0.6) is 0 Å². The molecule has 7 nitrogen and oxygen atoms in total. The van der Waals surface area contributed by atoms with Gasteiger partial charge in [-0.3, -0.25) is 4.68 Å². The first kappa shape index (κ1) is 13.0. The number of aliphatic hydroxyl groups is 1. The Balaban J connectivity index is 1.69. The van der Waals surface area contributed by atoms with Gasteiger partial charge in [-0.2, -0.15) is 0 Å². The van der Waals surface area contributed by atoms with E-state index in [1.165, 1.54) is 10.9 Å². The second-order valence-corrected chi connectivity index (χ2v) is 7.45. The van der Waals surface area contributed by atoms with Gasteiger partial charge in [0.25, 0.3) is 10.0 Å². The van der Waals surface area contributed by atoms with Crippen LogP contribution in [0, 0.1) is 11.8 Å². The fourth-order valence-electron chi connectivity index (χ4n) is 3.37. The average molecular weight is 286 g/mol. The minimum absolute atomic E-state index is 0.0626. The van der Waals surface area contributed by atoms with Crippen molar-refractivity contribution < 1.29 is 13.5 Å². The molecule has 0 aromatic carbocycles. The molecule has 3 atom stereocenters. The van der Waals surface area contributed by atoms with Crippen LogP contribution in [0.25, 0.3) is 0 Å². The SMILES string of the molecule is Cn1cc(S(=O)(=O)NC[C@@]2(O)C[C@H]3CC[C@@H]2C3)nn1. The molecule has 0 aliphatic heterocycles. The van der Waals surface area contributed by atoms with E-state index >= 15 is 0 Å². The van der Waals surface area contributed by atoms with Crippen molar-refractivity contribution in [2.24, 2.45) is 18.9 Å². The highest BCUT2D eigenvalue weighted by Crippen LogP contribution is 2.50. The molecule has 0 amide bonds. The maximum atomic E-state index is 12.0. The van der Waals surface area contributed by atoms with E-state index in [4.69, 9.17) is 0 Å². The molecule has 8 heteroatoms. The minimum Gasteiger partial charge on any atom is -0.388 e. The summed E-state index contributed by atoms with van der Waals surface area (Å²) >= 11 is 0. The number of fused-ring (bicyclic) bond motifs is 2. The summed E-state index contributed by atoms with van der Waals surface area (Å²) in [6.07, 6.45) is 5.20. The van der Waals surface area contributed by atoms with Gasteiger partial charge in [0.15, 0.2) is 0 Å². The number of aromatic nitrogens is 3. The molecule has 2 N–H and O–H groups in total. The van der Waals surface area contributed by atoms with E-state index in [1.54, 1.807) is 7.05 Å². The van der Waals surface area contributed by atoms with Crippen molar-refractivity contribution >= 4 is 10.0 Å². The average Bonchev–Trinajstić information content (AvgIpc) is 3.02. The predicted octanol–water partition coefficient (Wildman–Crippen LogP) is -0.356. The Morgan fingerprint density at radius 3 is 2.89 bits per heavy atom. The van der Waals surface area contributed by atoms with Gasteiger partial charge in [0, 0.05) is 13.6 Å². The van der Waals surface area contributed by atoms with Crippen molar-refractivity contribution in [2.45, 2.75) is 36.3 Å². The molecular weight excluding hydrogens is 268 g/mol. The van der Waals surface area contributed by atoms with E-state index in [1.807, 2.05) is 0 Å². The van der Waals surface area contributed by atoms with E-state index in [2.05, 4.69) is 15.0 Å². The molecular formula is C11H18N4O3S. The zero-order chi connectivity index (χ0) is 13.7. The standard InChI is InChI=1S/C11H18N4O3S/c1-15-6-10(13-14-15)19(17,18)12-7-11(16)5-8-2-3-9(11)4-8/h6,8-9,12,16H,2-5,7H2,1H3/t8-,9+,11-/m0/s1. The maximum absolute atomic E-state index is 12.0. The Bertz CT molecular complexity index is 585. The van der Waals surface area contributed by atoms with Crippen molar-refractivity contribution in [1.82, 2.24) is 19.7 Å². The van der Waals surface area contributed by atoms with E-state index < -0.39 is 15.6 Å². The van der Waals surface area contributed by atoms with Crippen LogP contribution in [-0.4, -0.2) is 40.7 Å². The molecule has 1 aromatic rings. The molecule has 19 heavy (non-hydrogen) atoms. The quantitative estimate of drug-likeness (QED) is 0.788. The third-order valence-corrected chi connectivity index (χ3v) is 5.63. The summed E-state index contributed by atoms with van der Waals surface area (Å²) in [6.45, 7) is 0.0626. The first-order valence-electron chi connectivity index (χ1n) is 6.47. The molecule has 0 unspecified atom stereocenters. The van der Waals surface area contributed by atoms with Crippen molar-refractivity contribution in [2.75, 3.05) is 6.54 Å². The Morgan fingerprint density at radius 2 is 2.37 bits per heavy atom. The van der Waals surface area contributed by atoms with Crippen molar-refractivity contribution in [3.8, 4) is 0 Å². The first-order chi connectivity index (χ1) is 8.89. The monoisotopic (exact) mass is 286 g/mol. The molecule has 0 spiro atoms. The lowest BCUT2D eigenvalue weighted by Crippen LogP contribution is -2.46. The molecule has 2 fully saturated rings. The molecule has 1 aromatic heterocycles. The number of nitrogens with zero attached hydrogens (tertiary/aromatic N) is 3. The summed E-state index contributed by atoms with van der Waals surface area (Å²) in [5.74, 6) is 0.776. The lowest BCUT2D eigenvalue weighted by molar-refractivity contribution is -0.00740. The van der Waals surface area contributed by atoms with Crippen LogP contribution in [0.2, 0.25) is 0 Å². The highest BCUT2D eigenvalue weighted by molar-refractivity contribution is 7.89. The number of nitrogens with one attached hydrogen (secondary N) is 1. The lowest BCUT2D eigenvalue weighted by Gasteiger charge is -2.32. The van der Waals surface area contributed by atoms with E-state index in [9.17, 15) is 13.5 Å². The second-order valence-electron chi connectivity index (χ2n) is 5.74. The van der Waals surface area contributed by atoms with Gasteiger partial charge in [0.1, 0.15) is 0 Å². The van der Waals surface area contributed by atoms with Crippen LogP contribution in [-0.2, 0) is 17.1 Å². The number of hydrogen-bond acceptors (Lipinski definition) is 5. The van der Waals surface area contributed by atoms with Gasteiger partial charge in [-0.15, -0.1) is 5.10 Å². The molecule has 3 rings (SSSR count). The highest BCUT2D eigenvalue weighted by atomic mass is 32.2. The number of hydrogen-bond donors (Lipinski definition) is 2. The number of sulfonamides is 1. The van der Waals surface area contributed by atoms with Gasteiger partial charge in [-0.05, 0) is 37.5 Å². The van der Waals surface area contributed by atoms with Gasteiger partial charge in [0.2, 0.25) is 5.03 Å². The largest absolute Gasteiger partial charge is 0.388 e. The Labute approximate surface area is 112 Å². The summed E-state index contributed by atoms with van der Waals surface area (Å²) in [5.41, 5.74) is -0.891. The number of aryl methyl sites for hydroxylation is 1. The predicted molar refractivity (Wildman–Crippen MR) is 66.6 cm³/mol. The van der Waals surface area contributed by atoms with Gasteiger partial charge >= 0.3 is 0 Å². The van der Waals surface area contributed by atoms with Gasteiger partial charge < -0.3 is 5.11 Å². The van der Waals surface area contributed by atoms with Crippen molar-refractivity contribution in [3.63, 3.8) is 0 Å². The number of rotatable bonds is 4. The zero-order valence-corrected chi connectivity index (χ0v) is 11.6. The maximum Gasteiger partial charge on any atom is 0.261 e. The fraction of sp³-hybridized carbons (Fsp3) is 0.818. The highest BCUT2D eigenvalue weighted by Gasteiger charge is 2.50. The molecule has 106 valence electrons. The van der Waals surface area contributed by atoms with Crippen molar-refractivity contribution in [1.29, 1.82) is 0 Å². The molecule has 0 radical (unpaired) electrons. The summed E-state index contributed by atoms with van der Waals surface area (Å²) in [7, 11) is -2.08. The van der Waals surface area contributed by atoms with E-state index in [0.29, 0.717) is 12.3 Å². The molecule has 1 heterocycles. The first-order valence-corrected chi connectivity index (χ1v) is 7.96. The Kier molecular flexibility index (Phi) is 2.91. The van der Waals surface area contributed by atoms with Crippen LogP contribution in [0.15, 0.2) is 11.2 Å². The van der Waals surface area contributed by atoms with Crippen molar-refractivity contribution in [3.05, 3.63) is 6.20 Å². The van der Waals surface area contributed by atoms with Crippen LogP contribution < -0.4 is 4.72 Å². The normalized spacial score (nSPS) is 34.0. The molecule has 2 aliphatic rings. The van der Waals surface area contributed by atoms with Gasteiger partial charge in [0.05, 0.1) is 11.8 Å². The van der Waals surface area contributed by atoms with Gasteiger partial charge in [-0.25, -0.2) is 13.1 Å². The third-order valence-electron chi connectivity index (χ3n) is 4.37. The minimum atomic E-state index is -3.69. The van der Waals surface area contributed by atoms with Gasteiger partial charge in [-0.1, -0.05) is 5.21 Å². The molecule has 2 aliphatic carbocycles. The summed E-state index contributed by atoms with van der Waals surface area (Å²) < 4.78 is 27.8. The van der Waals surface area contributed by atoms with Crippen LogP contribution in [0.4, 0.5) is 0 Å².